The minimum Gasteiger partial charge on any atom is -0.392 e. The molecular formula is C14H17ClFNO2S. The molecule has 1 aromatic rings. The van der Waals surface area contributed by atoms with Crippen molar-refractivity contribution in [3.63, 3.8) is 0 Å². The third kappa shape index (κ3) is 3.27. The zero-order valence-electron chi connectivity index (χ0n) is 11.3. The SMILES string of the molecule is C[C@H](O)[C@@H](C)S[C@H]1CCN(c2ccc(F)c(Cl)c2)C1=O. The van der Waals surface area contributed by atoms with Crippen molar-refractivity contribution in [3.8, 4) is 0 Å². The standard InChI is InChI=1S/C14H17ClFNO2S/c1-8(18)9(2)20-13-5-6-17(14(13)19)10-3-4-12(16)11(15)7-10/h3-4,7-9,13,18H,5-6H2,1-2H3/t8-,9+,13-/m0/s1. The van der Waals surface area contributed by atoms with Crippen molar-refractivity contribution in [2.45, 2.75) is 36.9 Å². The number of rotatable bonds is 4. The first-order valence-electron chi connectivity index (χ1n) is 6.50. The number of hydrogen-bond acceptors (Lipinski definition) is 3. The summed E-state index contributed by atoms with van der Waals surface area (Å²) in [5.74, 6) is -0.499. The van der Waals surface area contributed by atoms with Crippen LogP contribution in [0.4, 0.5) is 10.1 Å². The van der Waals surface area contributed by atoms with E-state index >= 15 is 0 Å². The lowest BCUT2D eigenvalue weighted by atomic mass is 10.3. The topological polar surface area (TPSA) is 40.5 Å². The van der Waals surface area contributed by atoms with E-state index in [2.05, 4.69) is 0 Å². The van der Waals surface area contributed by atoms with Gasteiger partial charge >= 0.3 is 0 Å². The largest absolute Gasteiger partial charge is 0.392 e. The predicted molar refractivity (Wildman–Crippen MR) is 80.9 cm³/mol. The zero-order chi connectivity index (χ0) is 14.9. The van der Waals surface area contributed by atoms with Gasteiger partial charge in [-0.1, -0.05) is 18.5 Å². The van der Waals surface area contributed by atoms with Gasteiger partial charge in [0.05, 0.1) is 16.4 Å². The molecule has 1 heterocycles. The highest BCUT2D eigenvalue weighted by atomic mass is 35.5. The highest BCUT2D eigenvalue weighted by Gasteiger charge is 2.34. The van der Waals surface area contributed by atoms with Gasteiger partial charge in [-0.05, 0) is 31.5 Å². The van der Waals surface area contributed by atoms with Crippen LogP contribution in [0.2, 0.25) is 5.02 Å². The number of benzene rings is 1. The zero-order valence-corrected chi connectivity index (χ0v) is 12.9. The molecule has 2 rings (SSSR count). The van der Waals surface area contributed by atoms with Crippen LogP contribution < -0.4 is 4.90 Å². The average molecular weight is 318 g/mol. The maximum Gasteiger partial charge on any atom is 0.240 e. The summed E-state index contributed by atoms with van der Waals surface area (Å²) < 4.78 is 13.2. The molecule has 1 amide bonds. The van der Waals surface area contributed by atoms with Crippen molar-refractivity contribution in [2.75, 3.05) is 11.4 Å². The third-order valence-corrected chi connectivity index (χ3v) is 5.31. The summed E-state index contributed by atoms with van der Waals surface area (Å²) in [6, 6.07) is 4.30. The lowest BCUT2D eigenvalue weighted by molar-refractivity contribution is -0.116. The van der Waals surface area contributed by atoms with Crippen LogP contribution in [0.5, 0.6) is 0 Å². The summed E-state index contributed by atoms with van der Waals surface area (Å²) in [4.78, 5) is 14.0. The van der Waals surface area contributed by atoms with E-state index in [0.717, 1.165) is 6.42 Å². The van der Waals surface area contributed by atoms with Gasteiger partial charge in [-0.15, -0.1) is 11.8 Å². The minimum atomic E-state index is -0.490. The summed E-state index contributed by atoms with van der Waals surface area (Å²) in [6.45, 7) is 4.21. The third-order valence-electron chi connectivity index (χ3n) is 3.43. The van der Waals surface area contributed by atoms with Crippen LogP contribution in [0.25, 0.3) is 0 Å². The first-order chi connectivity index (χ1) is 9.40. The Kier molecular flexibility index (Phi) is 4.94. The molecule has 0 radical (unpaired) electrons. The number of amides is 1. The normalized spacial score (nSPS) is 22.1. The van der Waals surface area contributed by atoms with Gasteiger partial charge in [0.15, 0.2) is 0 Å². The summed E-state index contributed by atoms with van der Waals surface area (Å²) in [6.07, 6.45) is 0.261. The summed E-state index contributed by atoms with van der Waals surface area (Å²) in [5.41, 5.74) is 0.620. The second kappa shape index (κ2) is 6.33. The van der Waals surface area contributed by atoms with E-state index in [4.69, 9.17) is 11.6 Å². The van der Waals surface area contributed by atoms with Crippen LogP contribution >= 0.6 is 23.4 Å². The van der Waals surface area contributed by atoms with Gasteiger partial charge in [-0.2, -0.15) is 0 Å². The van der Waals surface area contributed by atoms with E-state index in [0.29, 0.717) is 12.2 Å². The van der Waals surface area contributed by atoms with Gasteiger partial charge in [-0.25, -0.2) is 4.39 Å². The summed E-state index contributed by atoms with van der Waals surface area (Å²) >= 11 is 7.23. The monoisotopic (exact) mass is 317 g/mol. The molecule has 0 spiro atoms. The first kappa shape index (κ1) is 15.6. The van der Waals surface area contributed by atoms with Gasteiger partial charge < -0.3 is 10.0 Å². The number of carbonyl (C=O) groups is 1. The molecule has 6 heteroatoms. The summed E-state index contributed by atoms with van der Waals surface area (Å²) in [7, 11) is 0. The van der Waals surface area contributed by atoms with Crippen molar-refractivity contribution in [2.24, 2.45) is 0 Å². The molecular weight excluding hydrogens is 301 g/mol. The van der Waals surface area contributed by atoms with E-state index in [-0.39, 0.29) is 21.4 Å². The van der Waals surface area contributed by atoms with Crippen LogP contribution in [-0.2, 0) is 4.79 Å². The van der Waals surface area contributed by atoms with E-state index in [9.17, 15) is 14.3 Å². The van der Waals surface area contributed by atoms with E-state index in [1.165, 1.54) is 23.9 Å². The maximum absolute atomic E-state index is 13.2. The van der Waals surface area contributed by atoms with Crippen LogP contribution in [0.1, 0.15) is 20.3 Å². The van der Waals surface area contributed by atoms with Crippen LogP contribution in [0, 0.1) is 5.82 Å². The highest BCUT2D eigenvalue weighted by Crippen LogP contribution is 2.33. The van der Waals surface area contributed by atoms with Gasteiger partial charge in [0.2, 0.25) is 5.91 Å². The number of thioether (sulfide) groups is 1. The molecule has 1 aliphatic heterocycles. The smallest absolute Gasteiger partial charge is 0.240 e. The molecule has 3 atom stereocenters. The average Bonchev–Trinajstić information content (AvgIpc) is 2.74. The number of aliphatic hydroxyl groups is 1. The van der Waals surface area contributed by atoms with Crippen molar-refractivity contribution in [1.29, 1.82) is 0 Å². The molecule has 0 saturated carbocycles. The highest BCUT2D eigenvalue weighted by molar-refractivity contribution is 8.01. The van der Waals surface area contributed by atoms with Gasteiger partial charge in [0.25, 0.3) is 0 Å². The summed E-state index contributed by atoms with van der Waals surface area (Å²) in [5, 5.41) is 9.37. The molecule has 1 fully saturated rings. The molecule has 1 aliphatic rings. The molecule has 1 N–H and O–H groups in total. The molecule has 110 valence electrons. The molecule has 1 saturated heterocycles. The second-order valence-electron chi connectivity index (χ2n) is 4.95. The van der Waals surface area contributed by atoms with E-state index < -0.39 is 11.9 Å². The van der Waals surface area contributed by atoms with Gasteiger partial charge in [0.1, 0.15) is 5.82 Å². The Morgan fingerprint density at radius 2 is 2.20 bits per heavy atom. The number of halogens is 2. The predicted octanol–water partition coefficient (Wildman–Crippen LogP) is 3.09. The Bertz CT molecular complexity index is 512. The Morgan fingerprint density at radius 3 is 2.80 bits per heavy atom. The van der Waals surface area contributed by atoms with E-state index in [1.54, 1.807) is 17.9 Å². The molecule has 0 unspecified atom stereocenters. The number of anilines is 1. The van der Waals surface area contributed by atoms with Crippen LogP contribution in [-0.4, -0.2) is 34.2 Å². The van der Waals surface area contributed by atoms with Crippen molar-refractivity contribution < 1.29 is 14.3 Å². The quantitative estimate of drug-likeness (QED) is 0.927. The van der Waals surface area contributed by atoms with Crippen molar-refractivity contribution in [1.82, 2.24) is 0 Å². The van der Waals surface area contributed by atoms with Crippen molar-refractivity contribution >= 4 is 35.0 Å². The van der Waals surface area contributed by atoms with E-state index in [1.807, 2.05) is 6.92 Å². The van der Waals surface area contributed by atoms with Gasteiger partial charge in [-0.3, -0.25) is 4.79 Å². The molecule has 1 aromatic carbocycles. The molecule has 0 aliphatic carbocycles. The van der Waals surface area contributed by atoms with Crippen LogP contribution in [0.3, 0.4) is 0 Å². The lowest BCUT2D eigenvalue weighted by Gasteiger charge is -2.20. The molecule has 0 aromatic heterocycles. The minimum absolute atomic E-state index is 0.000653. The fourth-order valence-electron chi connectivity index (χ4n) is 2.06. The first-order valence-corrected chi connectivity index (χ1v) is 7.82. The lowest BCUT2D eigenvalue weighted by Crippen LogP contribution is -2.30. The van der Waals surface area contributed by atoms with Crippen LogP contribution in [0.15, 0.2) is 18.2 Å². The Hall–Kier alpha value is -0.780. The van der Waals surface area contributed by atoms with Crippen molar-refractivity contribution in [3.05, 3.63) is 29.0 Å². The molecule has 0 bridgehead atoms. The Labute approximate surface area is 127 Å². The Balaban J connectivity index is 2.09. The Morgan fingerprint density at radius 1 is 1.50 bits per heavy atom. The number of nitrogens with zero attached hydrogens (tertiary/aromatic N) is 1. The molecule has 3 nitrogen and oxygen atoms in total. The molecule has 20 heavy (non-hydrogen) atoms. The fourth-order valence-corrected chi connectivity index (χ4v) is 3.47. The number of aliphatic hydroxyl groups excluding tert-OH is 1. The number of carbonyl (C=O) groups excluding carboxylic acids is 1. The maximum atomic E-state index is 13.2. The second-order valence-corrected chi connectivity index (χ2v) is 6.94. The van der Waals surface area contributed by atoms with Gasteiger partial charge in [0, 0.05) is 17.5 Å². The number of hydrogen-bond donors (Lipinski definition) is 1. The fraction of sp³-hybridized carbons (Fsp3) is 0.500.